The van der Waals surface area contributed by atoms with Gasteiger partial charge in [0, 0.05) is 52.0 Å². The first-order chi connectivity index (χ1) is 13.5. The van der Waals surface area contributed by atoms with Crippen LogP contribution in [0.4, 0.5) is 0 Å². The van der Waals surface area contributed by atoms with E-state index in [-0.39, 0.29) is 17.1 Å². The summed E-state index contributed by atoms with van der Waals surface area (Å²) in [6.07, 6.45) is 6.01. The number of likely N-dealkylation sites (N-methyl/N-ethyl adjacent to an activating group) is 2. The van der Waals surface area contributed by atoms with Gasteiger partial charge in [-0.05, 0) is 26.2 Å². The van der Waals surface area contributed by atoms with Crippen LogP contribution in [0, 0.1) is 0 Å². The summed E-state index contributed by atoms with van der Waals surface area (Å²) in [4.78, 5) is 11.7. The van der Waals surface area contributed by atoms with Crippen LogP contribution in [0.3, 0.4) is 0 Å². The maximum atomic E-state index is 10.5. The first-order valence-electron chi connectivity index (χ1n) is 10.8. The fraction of sp³-hybridized carbons (Fsp3) is 0.773. The summed E-state index contributed by atoms with van der Waals surface area (Å²) < 4.78 is 0. The van der Waals surface area contributed by atoms with Crippen molar-refractivity contribution < 1.29 is 27.3 Å². The monoisotopic (exact) mass is 450 g/mol. The summed E-state index contributed by atoms with van der Waals surface area (Å²) in [5, 5.41) is 20.5. The predicted molar refractivity (Wildman–Crippen MR) is 112 cm³/mol. The van der Waals surface area contributed by atoms with E-state index in [1.807, 2.05) is 12.3 Å². The molecule has 0 saturated carbocycles. The minimum atomic E-state index is -0.850. The van der Waals surface area contributed by atoms with Gasteiger partial charge in [0.15, 0.2) is 0 Å². The molecule has 1 unspecified atom stereocenters. The number of hydrogen-bond donors (Lipinski definition) is 0. The summed E-state index contributed by atoms with van der Waals surface area (Å²) >= 11 is 0. The number of unbranched alkanes of at least 4 members (excludes halogenated alkanes) is 3. The number of pyridine rings is 1. The van der Waals surface area contributed by atoms with Gasteiger partial charge in [0.25, 0.3) is 0 Å². The molecule has 2 heterocycles. The molecule has 1 atom stereocenters. The van der Waals surface area contributed by atoms with Gasteiger partial charge in [0.05, 0.1) is 5.69 Å². The van der Waals surface area contributed by atoms with Crippen molar-refractivity contribution in [1.29, 1.82) is 0 Å². The van der Waals surface area contributed by atoms with Crippen molar-refractivity contribution in [2.75, 3.05) is 60.0 Å². The first kappa shape index (κ1) is 28.5. The van der Waals surface area contributed by atoms with Crippen LogP contribution in [-0.4, -0.2) is 85.8 Å². The van der Waals surface area contributed by atoms with E-state index in [0.29, 0.717) is 6.42 Å². The molecule has 0 aliphatic carbocycles. The van der Waals surface area contributed by atoms with E-state index in [2.05, 4.69) is 52.8 Å². The smallest absolute Gasteiger partial charge is 0.855 e. The Hall–Kier alpha value is -0.531. The zero-order valence-corrected chi connectivity index (χ0v) is 19.6. The van der Waals surface area contributed by atoms with Crippen LogP contribution in [0.2, 0.25) is 0 Å². The molecule has 1 saturated heterocycles. The maximum Gasteiger partial charge on any atom is 3.00 e. The molecule has 0 spiro atoms. The van der Waals surface area contributed by atoms with Crippen molar-refractivity contribution in [3.63, 3.8) is 0 Å². The molecule has 1 aromatic heterocycles. The number of aromatic nitrogens is 1. The molecule has 0 aromatic carbocycles. The molecule has 1 fully saturated rings. The Bertz CT molecular complexity index is 467. The van der Waals surface area contributed by atoms with Crippen LogP contribution < -0.4 is 10.2 Å². The topological polar surface area (TPSA) is 68.7 Å². The van der Waals surface area contributed by atoms with E-state index in [1.54, 1.807) is 0 Å². The second-order valence-corrected chi connectivity index (χ2v) is 7.84. The largest absolute Gasteiger partial charge is 3.00 e. The van der Waals surface area contributed by atoms with E-state index in [1.165, 1.54) is 18.5 Å². The summed E-state index contributed by atoms with van der Waals surface area (Å²) in [6, 6.07) is 6.15. The molecule has 167 valence electrons. The molecule has 0 bridgehead atoms. The third-order valence-electron chi connectivity index (χ3n) is 5.14. The van der Waals surface area contributed by atoms with Crippen molar-refractivity contribution in [2.24, 2.45) is 0 Å². The van der Waals surface area contributed by atoms with Gasteiger partial charge in [-0.2, -0.15) is 6.61 Å². The molecule has 29 heavy (non-hydrogen) atoms. The van der Waals surface area contributed by atoms with Gasteiger partial charge in [-0.1, -0.05) is 45.1 Å². The van der Waals surface area contributed by atoms with Gasteiger partial charge in [0.2, 0.25) is 0 Å². The Morgan fingerprint density at radius 3 is 2.14 bits per heavy atom. The summed E-state index contributed by atoms with van der Waals surface area (Å²) in [5.41, 5.74) is 1.17. The molecule has 1 aliphatic rings. The van der Waals surface area contributed by atoms with Gasteiger partial charge in [0.1, 0.15) is 0 Å². The van der Waals surface area contributed by atoms with Crippen molar-refractivity contribution in [3.8, 4) is 0 Å². The van der Waals surface area contributed by atoms with Crippen LogP contribution in [0.15, 0.2) is 24.4 Å². The average molecular weight is 450 g/mol. The molecular formula is C22H40FeN4O2+. The fourth-order valence-corrected chi connectivity index (χ4v) is 3.06. The number of hydrogen-bond acceptors (Lipinski definition) is 6. The summed E-state index contributed by atoms with van der Waals surface area (Å²) in [6.45, 7) is 9.49. The van der Waals surface area contributed by atoms with Crippen molar-refractivity contribution >= 4 is 0 Å². The van der Waals surface area contributed by atoms with Crippen LogP contribution in [0.25, 0.3) is 0 Å². The van der Waals surface area contributed by atoms with Gasteiger partial charge in [-0.25, -0.2) is 0 Å². The third kappa shape index (κ3) is 15.0. The Balaban J connectivity index is 0.000000616. The molecule has 1 aliphatic heterocycles. The Morgan fingerprint density at radius 2 is 1.62 bits per heavy atom. The number of nitrogens with zero attached hydrogens (tertiary/aromatic N) is 4. The third-order valence-corrected chi connectivity index (χ3v) is 5.14. The molecule has 1 radical (unpaired) electrons. The average Bonchev–Trinajstić information content (AvgIpc) is 2.79. The van der Waals surface area contributed by atoms with Gasteiger partial charge < -0.3 is 20.0 Å². The Kier molecular flexibility index (Phi) is 17.9. The zero-order chi connectivity index (χ0) is 20.6. The van der Waals surface area contributed by atoms with Crippen molar-refractivity contribution in [2.45, 2.75) is 51.7 Å². The molecule has 1 aromatic rings. The Morgan fingerprint density at radius 1 is 1.00 bits per heavy atom. The van der Waals surface area contributed by atoms with E-state index in [9.17, 15) is 10.2 Å². The fourth-order valence-electron chi connectivity index (χ4n) is 3.06. The Labute approximate surface area is 188 Å². The summed E-state index contributed by atoms with van der Waals surface area (Å²) in [5.74, 6) is 0. The zero-order valence-electron chi connectivity index (χ0n) is 18.5. The molecule has 2 rings (SSSR count). The van der Waals surface area contributed by atoms with Crippen molar-refractivity contribution in [3.05, 3.63) is 30.1 Å². The molecule has 0 N–H and O–H groups in total. The minimum Gasteiger partial charge on any atom is -0.855 e. The first-order valence-corrected chi connectivity index (χ1v) is 10.8. The van der Waals surface area contributed by atoms with Gasteiger partial charge in [-0.3, -0.25) is 9.88 Å². The number of rotatable bonds is 8. The quantitative estimate of drug-likeness (QED) is 0.332. The summed E-state index contributed by atoms with van der Waals surface area (Å²) in [7, 11) is 4.41. The minimum absolute atomic E-state index is 0. The second kappa shape index (κ2) is 18.3. The van der Waals surface area contributed by atoms with Crippen LogP contribution in [0.5, 0.6) is 0 Å². The molecule has 0 amide bonds. The van der Waals surface area contributed by atoms with E-state index >= 15 is 0 Å². The van der Waals surface area contributed by atoms with Gasteiger partial charge in [-0.15, -0.1) is 6.10 Å². The molecular weight excluding hydrogens is 410 g/mol. The van der Waals surface area contributed by atoms with Crippen molar-refractivity contribution in [1.82, 2.24) is 19.7 Å². The standard InChI is InChI=1S/C14H24N4.C8H16O2.Fe/c1-16-7-8-17(2)10-12-18(11-9-16)13-14-5-3-4-6-15-14;1-2-3-4-5-6-8(10)7-9;/h3-6H,7-13H2,1-2H3;8H,2-7H2,1H3;/q;-2;+3/i;10+2;. The maximum absolute atomic E-state index is 10.5. The molecule has 6 nitrogen and oxygen atoms in total. The normalized spacial score (nSPS) is 17.8. The van der Waals surface area contributed by atoms with Crippen LogP contribution >= 0.6 is 0 Å². The molecule has 7 heteroatoms. The van der Waals surface area contributed by atoms with Crippen LogP contribution in [0.1, 0.15) is 44.7 Å². The van der Waals surface area contributed by atoms with Crippen LogP contribution in [-0.2, 0) is 23.6 Å². The predicted octanol–water partition coefficient (Wildman–Crippen LogP) is 0.804. The second-order valence-electron chi connectivity index (χ2n) is 7.84. The van der Waals surface area contributed by atoms with E-state index in [4.69, 9.17) is 0 Å². The van der Waals surface area contributed by atoms with E-state index in [0.717, 1.165) is 58.7 Å². The van der Waals surface area contributed by atoms with E-state index < -0.39 is 12.7 Å². The SMILES string of the molecule is CCCCCCC([18O-])C[O-].CN1CCN(C)CCN(Cc2ccccn2)CC1.[Fe+3]. The van der Waals surface area contributed by atoms with Gasteiger partial charge >= 0.3 is 17.1 Å².